The first-order valence-corrected chi connectivity index (χ1v) is 9.36. The van der Waals surface area contributed by atoms with Crippen LogP contribution in [0, 0.1) is 0 Å². The second kappa shape index (κ2) is 10.3. The molecule has 150 valence electrons. The van der Waals surface area contributed by atoms with E-state index in [4.69, 9.17) is 28.9 Å². The summed E-state index contributed by atoms with van der Waals surface area (Å²) < 4.78 is 0. The fourth-order valence-electron chi connectivity index (χ4n) is 2.49. The largest absolute Gasteiger partial charge is 0.384 e. The molecular formula is C19H23Cl2N5O2. The number of hydrogen-bond acceptors (Lipinski definition) is 5. The van der Waals surface area contributed by atoms with Crippen molar-refractivity contribution < 1.29 is 9.59 Å². The molecule has 0 saturated carbocycles. The molecule has 0 aliphatic heterocycles. The van der Waals surface area contributed by atoms with E-state index < -0.39 is 6.04 Å². The van der Waals surface area contributed by atoms with Crippen LogP contribution in [0.5, 0.6) is 0 Å². The summed E-state index contributed by atoms with van der Waals surface area (Å²) >= 11 is 12.0. The maximum absolute atomic E-state index is 12.7. The summed E-state index contributed by atoms with van der Waals surface area (Å²) in [5.74, 6) is -0.155. The molecule has 0 unspecified atom stereocenters. The molecule has 1 aromatic carbocycles. The van der Waals surface area contributed by atoms with Crippen LogP contribution in [0.25, 0.3) is 0 Å². The van der Waals surface area contributed by atoms with Crippen LogP contribution in [0.4, 0.5) is 5.82 Å². The average molecular weight is 424 g/mol. The van der Waals surface area contributed by atoms with Crippen LogP contribution in [-0.2, 0) is 22.6 Å². The minimum absolute atomic E-state index is 0.174. The van der Waals surface area contributed by atoms with Gasteiger partial charge in [-0.2, -0.15) is 0 Å². The molecule has 4 N–H and O–H groups in total. The number of nitrogens with two attached hydrogens (primary N) is 1. The zero-order valence-electron chi connectivity index (χ0n) is 15.7. The quantitative estimate of drug-likeness (QED) is 0.601. The first kappa shape index (κ1) is 21.9. The Bertz CT molecular complexity index is 828. The zero-order valence-corrected chi connectivity index (χ0v) is 17.2. The highest BCUT2D eigenvalue weighted by Gasteiger charge is 2.21. The van der Waals surface area contributed by atoms with Gasteiger partial charge in [0.05, 0.1) is 16.6 Å². The van der Waals surface area contributed by atoms with Crippen molar-refractivity contribution in [3.8, 4) is 0 Å². The van der Waals surface area contributed by atoms with Gasteiger partial charge in [-0.3, -0.25) is 9.59 Å². The number of halogens is 2. The molecule has 0 fully saturated rings. The lowest BCUT2D eigenvalue weighted by Crippen LogP contribution is -2.49. The van der Waals surface area contributed by atoms with E-state index in [1.165, 1.54) is 0 Å². The molecule has 1 aromatic heterocycles. The van der Waals surface area contributed by atoms with E-state index in [2.05, 4.69) is 15.6 Å². The molecule has 0 spiro atoms. The fraction of sp³-hybridized carbons (Fsp3) is 0.316. The molecule has 0 aliphatic carbocycles. The van der Waals surface area contributed by atoms with E-state index in [-0.39, 0.29) is 31.3 Å². The van der Waals surface area contributed by atoms with Gasteiger partial charge in [0, 0.05) is 19.2 Å². The van der Waals surface area contributed by atoms with Crippen molar-refractivity contribution in [1.82, 2.24) is 20.5 Å². The molecule has 0 saturated heterocycles. The molecule has 0 aliphatic rings. The van der Waals surface area contributed by atoms with Gasteiger partial charge in [-0.15, -0.1) is 0 Å². The Morgan fingerprint density at radius 1 is 1.14 bits per heavy atom. The minimum Gasteiger partial charge on any atom is -0.384 e. The number of amides is 2. The second-order valence-electron chi connectivity index (χ2n) is 6.62. The molecule has 9 heteroatoms. The highest BCUT2D eigenvalue weighted by Crippen LogP contribution is 2.23. The van der Waals surface area contributed by atoms with Crippen LogP contribution in [-0.4, -0.2) is 48.4 Å². The van der Waals surface area contributed by atoms with Crippen molar-refractivity contribution in [1.29, 1.82) is 0 Å². The van der Waals surface area contributed by atoms with Crippen molar-refractivity contribution >= 4 is 40.8 Å². The summed E-state index contributed by atoms with van der Waals surface area (Å²) in [6.07, 6.45) is 1.87. The lowest BCUT2D eigenvalue weighted by molar-refractivity contribution is -0.129. The number of rotatable bonds is 8. The van der Waals surface area contributed by atoms with E-state index >= 15 is 0 Å². The van der Waals surface area contributed by atoms with Crippen LogP contribution in [0.1, 0.15) is 11.1 Å². The van der Waals surface area contributed by atoms with Crippen LogP contribution in [0.3, 0.4) is 0 Å². The third-order valence-corrected chi connectivity index (χ3v) is 4.59. The SMILES string of the molecule is CN(C)CC(=O)N[C@@H](Cc1ccc(Cl)c(Cl)c1)C(=O)NCc1ccc(N)nc1. The number of aromatic nitrogens is 1. The monoisotopic (exact) mass is 423 g/mol. The molecule has 1 heterocycles. The maximum atomic E-state index is 12.7. The number of nitrogens with one attached hydrogen (secondary N) is 2. The number of carbonyl (C=O) groups is 2. The van der Waals surface area contributed by atoms with E-state index in [1.54, 1.807) is 55.5 Å². The van der Waals surface area contributed by atoms with E-state index in [0.29, 0.717) is 15.9 Å². The zero-order chi connectivity index (χ0) is 20.7. The average Bonchev–Trinajstić information content (AvgIpc) is 2.63. The van der Waals surface area contributed by atoms with Crippen molar-refractivity contribution in [3.05, 3.63) is 57.7 Å². The Hall–Kier alpha value is -2.35. The van der Waals surface area contributed by atoms with Crippen LogP contribution < -0.4 is 16.4 Å². The molecule has 2 amide bonds. The number of nitrogens with zero attached hydrogens (tertiary/aromatic N) is 2. The summed E-state index contributed by atoms with van der Waals surface area (Å²) in [5.41, 5.74) is 7.15. The number of pyridine rings is 1. The fourth-order valence-corrected chi connectivity index (χ4v) is 2.81. The summed E-state index contributed by atoms with van der Waals surface area (Å²) in [6, 6.07) is 7.80. The predicted octanol–water partition coefficient (Wildman–Crippen LogP) is 1.88. The Morgan fingerprint density at radius 2 is 1.86 bits per heavy atom. The lowest BCUT2D eigenvalue weighted by Gasteiger charge is -2.20. The predicted molar refractivity (Wildman–Crippen MR) is 111 cm³/mol. The second-order valence-corrected chi connectivity index (χ2v) is 7.43. The highest BCUT2D eigenvalue weighted by molar-refractivity contribution is 6.42. The number of benzene rings is 1. The Kier molecular flexibility index (Phi) is 8.04. The molecule has 2 rings (SSSR count). The van der Waals surface area contributed by atoms with E-state index in [9.17, 15) is 9.59 Å². The standard InChI is InChI=1S/C19H23Cl2N5O2/c1-26(2)11-18(27)25-16(8-12-3-5-14(20)15(21)7-12)19(28)24-10-13-4-6-17(22)23-9-13/h3-7,9,16H,8,10-11H2,1-2H3,(H2,22,23)(H,24,28)(H,25,27)/t16-/m0/s1. The summed E-state index contributed by atoms with van der Waals surface area (Å²) in [4.78, 5) is 30.6. The van der Waals surface area contributed by atoms with Gasteiger partial charge in [-0.05, 0) is 43.4 Å². The number of hydrogen-bond donors (Lipinski definition) is 3. The molecule has 0 radical (unpaired) electrons. The first-order chi connectivity index (χ1) is 13.2. The van der Waals surface area contributed by atoms with Crippen LogP contribution >= 0.6 is 23.2 Å². The normalized spacial score (nSPS) is 11.9. The lowest BCUT2D eigenvalue weighted by atomic mass is 10.0. The van der Waals surface area contributed by atoms with Crippen molar-refractivity contribution in [2.45, 2.75) is 19.0 Å². The maximum Gasteiger partial charge on any atom is 0.243 e. The van der Waals surface area contributed by atoms with Crippen LogP contribution in [0.2, 0.25) is 10.0 Å². The topological polar surface area (TPSA) is 100 Å². The third-order valence-electron chi connectivity index (χ3n) is 3.85. The van der Waals surface area contributed by atoms with Crippen molar-refractivity contribution in [2.24, 2.45) is 0 Å². The van der Waals surface area contributed by atoms with Gasteiger partial charge in [0.15, 0.2) is 0 Å². The molecule has 2 aromatic rings. The molecule has 0 bridgehead atoms. The Morgan fingerprint density at radius 3 is 2.46 bits per heavy atom. The molecule has 28 heavy (non-hydrogen) atoms. The van der Waals surface area contributed by atoms with Gasteiger partial charge in [-0.25, -0.2) is 4.98 Å². The van der Waals surface area contributed by atoms with Gasteiger partial charge in [0.2, 0.25) is 11.8 Å². The van der Waals surface area contributed by atoms with Gasteiger partial charge < -0.3 is 21.3 Å². The third kappa shape index (κ3) is 6.99. The van der Waals surface area contributed by atoms with Crippen molar-refractivity contribution in [3.63, 3.8) is 0 Å². The summed E-state index contributed by atoms with van der Waals surface area (Å²) in [7, 11) is 3.56. The van der Waals surface area contributed by atoms with E-state index in [1.807, 2.05) is 0 Å². The smallest absolute Gasteiger partial charge is 0.243 e. The number of carbonyl (C=O) groups excluding carboxylic acids is 2. The Labute approximate surface area is 174 Å². The van der Waals surface area contributed by atoms with Crippen molar-refractivity contribution in [2.75, 3.05) is 26.4 Å². The molecule has 7 nitrogen and oxygen atoms in total. The number of nitrogen functional groups attached to an aromatic ring is 1. The van der Waals surface area contributed by atoms with Crippen LogP contribution in [0.15, 0.2) is 36.5 Å². The Balaban J connectivity index is 2.08. The summed E-state index contributed by atoms with van der Waals surface area (Å²) in [5, 5.41) is 6.41. The van der Waals surface area contributed by atoms with Gasteiger partial charge >= 0.3 is 0 Å². The van der Waals surface area contributed by atoms with Gasteiger partial charge in [0.25, 0.3) is 0 Å². The first-order valence-electron chi connectivity index (χ1n) is 8.60. The van der Waals surface area contributed by atoms with Gasteiger partial charge in [-0.1, -0.05) is 35.3 Å². The summed E-state index contributed by atoms with van der Waals surface area (Å²) in [6.45, 7) is 0.445. The number of likely N-dealkylation sites (N-methyl/N-ethyl adjacent to an activating group) is 1. The molecular weight excluding hydrogens is 401 g/mol. The van der Waals surface area contributed by atoms with E-state index in [0.717, 1.165) is 11.1 Å². The minimum atomic E-state index is -0.758. The van der Waals surface area contributed by atoms with Gasteiger partial charge in [0.1, 0.15) is 11.9 Å². The molecule has 1 atom stereocenters. The highest BCUT2D eigenvalue weighted by atomic mass is 35.5. The number of anilines is 1.